The number of nitrogens with zero attached hydrogens (tertiary/aromatic N) is 2. The van der Waals surface area contributed by atoms with Crippen molar-refractivity contribution in [1.82, 2.24) is 10.2 Å². The van der Waals surface area contributed by atoms with Crippen molar-refractivity contribution in [3.05, 3.63) is 71.2 Å². The quantitative estimate of drug-likeness (QED) is 0.215. The number of halogens is 1. The van der Waals surface area contributed by atoms with Crippen molar-refractivity contribution in [2.45, 2.75) is 44.2 Å². The van der Waals surface area contributed by atoms with E-state index in [4.69, 9.17) is 30.5 Å². The van der Waals surface area contributed by atoms with Crippen LogP contribution in [-0.2, 0) is 26.2 Å². The normalized spacial score (nSPS) is 11.7. The van der Waals surface area contributed by atoms with Crippen molar-refractivity contribution in [2.75, 3.05) is 45.8 Å². The number of rotatable bonds is 16. The van der Waals surface area contributed by atoms with Crippen molar-refractivity contribution >= 4 is 39.1 Å². The number of hydrogen-bond donors (Lipinski definition) is 1. The van der Waals surface area contributed by atoms with Gasteiger partial charge in [-0.05, 0) is 55.3 Å². The Bertz CT molecular complexity index is 1580. The van der Waals surface area contributed by atoms with Crippen LogP contribution in [0.5, 0.6) is 23.0 Å². The van der Waals surface area contributed by atoms with Crippen LogP contribution in [0, 0.1) is 0 Å². The molecule has 3 aromatic rings. The number of carbonyl (C=O) groups excluding carboxylic acids is 2. The Morgan fingerprint density at radius 3 is 2.20 bits per heavy atom. The van der Waals surface area contributed by atoms with Crippen molar-refractivity contribution in [1.29, 1.82) is 0 Å². The molecule has 0 unspecified atom stereocenters. The summed E-state index contributed by atoms with van der Waals surface area (Å²) in [5, 5.41) is 3.32. The number of methoxy groups -OCH3 is 4. The van der Waals surface area contributed by atoms with E-state index in [-0.39, 0.29) is 34.5 Å². The van der Waals surface area contributed by atoms with Crippen LogP contribution in [0.3, 0.4) is 0 Å². The van der Waals surface area contributed by atoms with Gasteiger partial charge in [-0.15, -0.1) is 0 Å². The monoisotopic (exact) mass is 661 g/mol. The van der Waals surface area contributed by atoms with Crippen molar-refractivity contribution in [2.24, 2.45) is 0 Å². The lowest BCUT2D eigenvalue weighted by atomic mass is 10.1. The molecule has 2 amide bonds. The number of anilines is 1. The van der Waals surface area contributed by atoms with Gasteiger partial charge in [-0.25, -0.2) is 8.42 Å². The van der Waals surface area contributed by atoms with E-state index in [0.717, 1.165) is 17.1 Å². The zero-order chi connectivity index (χ0) is 33.1. The van der Waals surface area contributed by atoms with E-state index in [1.165, 1.54) is 57.6 Å². The Kier molecular flexibility index (Phi) is 12.7. The summed E-state index contributed by atoms with van der Waals surface area (Å²) in [6.07, 6.45) is 1.65. The highest BCUT2D eigenvalue weighted by atomic mass is 35.5. The van der Waals surface area contributed by atoms with Gasteiger partial charge in [0.15, 0.2) is 11.5 Å². The molecule has 11 nitrogen and oxygen atoms in total. The predicted octanol–water partition coefficient (Wildman–Crippen LogP) is 4.90. The molecule has 0 heterocycles. The summed E-state index contributed by atoms with van der Waals surface area (Å²) in [6.45, 7) is 3.38. The average Bonchev–Trinajstić information content (AvgIpc) is 3.04. The number of ether oxygens (including phenoxy) is 4. The largest absolute Gasteiger partial charge is 0.497 e. The summed E-state index contributed by atoms with van der Waals surface area (Å²) in [5.74, 6) is 0.0230. The van der Waals surface area contributed by atoms with Crippen LogP contribution in [0.4, 0.5) is 5.69 Å². The Morgan fingerprint density at radius 1 is 0.889 bits per heavy atom. The molecule has 0 fully saturated rings. The van der Waals surface area contributed by atoms with Gasteiger partial charge in [0, 0.05) is 30.2 Å². The Labute approximate surface area is 270 Å². The minimum atomic E-state index is -4.45. The number of carbonyl (C=O) groups is 2. The van der Waals surface area contributed by atoms with Gasteiger partial charge in [-0.1, -0.05) is 37.1 Å². The fourth-order valence-corrected chi connectivity index (χ4v) is 6.21. The zero-order valence-corrected chi connectivity index (χ0v) is 27.9. The molecular weight excluding hydrogens is 622 g/mol. The van der Waals surface area contributed by atoms with Gasteiger partial charge in [-0.2, -0.15) is 0 Å². The van der Waals surface area contributed by atoms with Crippen LogP contribution in [0.15, 0.2) is 65.6 Å². The highest BCUT2D eigenvalue weighted by Crippen LogP contribution is 2.37. The highest BCUT2D eigenvalue weighted by molar-refractivity contribution is 7.92. The van der Waals surface area contributed by atoms with Crippen LogP contribution in [0.1, 0.15) is 32.3 Å². The molecule has 0 radical (unpaired) electrons. The maximum Gasteiger partial charge on any atom is 0.265 e. The smallest absolute Gasteiger partial charge is 0.265 e. The van der Waals surface area contributed by atoms with Crippen LogP contribution >= 0.6 is 11.6 Å². The summed E-state index contributed by atoms with van der Waals surface area (Å²) < 4.78 is 51.2. The maximum atomic E-state index is 14.4. The third kappa shape index (κ3) is 8.73. The van der Waals surface area contributed by atoms with Gasteiger partial charge in [0.2, 0.25) is 11.8 Å². The number of hydrogen-bond acceptors (Lipinski definition) is 8. The molecule has 0 saturated heterocycles. The summed E-state index contributed by atoms with van der Waals surface area (Å²) >= 11 is 6.22. The first-order valence-electron chi connectivity index (χ1n) is 14.3. The Balaban J connectivity index is 2.15. The molecule has 3 aromatic carbocycles. The molecule has 13 heteroatoms. The lowest BCUT2D eigenvalue weighted by Gasteiger charge is -2.32. The summed E-state index contributed by atoms with van der Waals surface area (Å²) in [4.78, 5) is 28.6. The second-order valence-corrected chi connectivity index (χ2v) is 12.3. The fraction of sp³-hybridized carbons (Fsp3) is 0.375. The molecule has 1 N–H and O–H groups in total. The molecule has 0 aromatic heterocycles. The first-order chi connectivity index (χ1) is 21.5. The standard InChI is InChI=1S/C32H40ClN3O8S/c1-7-8-16-34-32(38)22(2)35(20-23-10-9-11-24(33)17-23)31(37)21-36(27-18-25(41-3)12-14-28(27)42-4)45(39,40)26-13-15-29(43-5)30(19-26)44-6/h9-15,17-19,22H,7-8,16,20-21H2,1-6H3,(H,34,38)/t22-/m1/s1. The SMILES string of the molecule is CCCCNC(=O)[C@@H](C)N(Cc1cccc(Cl)c1)C(=O)CN(c1cc(OC)ccc1OC)S(=O)(=O)c1ccc(OC)c(OC)c1. The molecule has 0 spiro atoms. The van der Waals surface area contributed by atoms with E-state index >= 15 is 0 Å². The van der Waals surface area contributed by atoms with Crippen LogP contribution in [0.2, 0.25) is 5.02 Å². The minimum absolute atomic E-state index is 0.00124. The number of unbranched alkanes of at least 4 members (excludes halogenated alkanes) is 1. The van der Waals surface area contributed by atoms with Crippen LogP contribution < -0.4 is 28.6 Å². The molecule has 45 heavy (non-hydrogen) atoms. The average molecular weight is 662 g/mol. The van der Waals surface area contributed by atoms with Crippen molar-refractivity contribution < 1.29 is 37.0 Å². The number of benzene rings is 3. The van der Waals surface area contributed by atoms with Gasteiger partial charge < -0.3 is 29.2 Å². The van der Waals surface area contributed by atoms with Gasteiger partial charge in [0.1, 0.15) is 24.1 Å². The molecule has 244 valence electrons. The van der Waals surface area contributed by atoms with E-state index in [2.05, 4.69) is 5.32 Å². The Hall–Kier alpha value is -4.16. The van der Waals surface area contributed by atoms with Gasteiger partial charge in [0.05, 0.1) is 39.0 Å². The molecule has 0 aliphatic carbocycles. The van der Waals surface area contributed by atoms with E-state index in [1.807, 2.05) is 6.92 Å². The van der Waals surface area contributed by atoms with Crippen LogP contribution in [-0.4, -0.2) is 72.7 Å². The molecule has 0 aliphatic heterocycles. The lowest BCUT2D eigenvalue weighted by Crippen LogP contribution is -2.51. The van der Waals surface area contributed by atoms with Gasteiger partial charge >= 0.3 is 0 Å². The lowest BCUT2D eigenvalue weighted by molar-refractivity contribution is -0.139. The topological polar surface area (TPSA) is 124 Å². The van der Waals surface area contributed by atoms with E-state index in [9.17, 15) is 18.0 Å². The third-order valence-electron chi connectivity index (χ3n) is 7.12. The second kappa shape index (κ2) is 16.2. The number of nitrogens with one attached hydrogen (secondary N) is 1. The second-order valence-electron chi connectivity index (χ2n) is 10.0. The number of amides is 2. The van der Waals surface area contributed by atoms with Crippen LogP contribution in [0.25, 0.3) is 0 Å². The van der Waals surface area contributed by atoms with E-state index < -0.39 is 28.5 Å². The summed E-state index contributed by atoms with van der Waals surface area (Å²) in [5.41, 5.74) is 0.722. The first kappa shape index (κ1) is 35.3. The summed E-state index contributed by atoms with van der Waals surface area (Å²) in [6, 6.07) is 14.7. The van der Waals surface area contributed by atoms with Crippen molar-refractivity contribution in [3.63, 3.8) is 0 Å². The van der Waals surface area contributed by atoms with E-state index in [1.54, 1.807) is 43.3 Å². The number of sulfonamides is 1. The molecule has 0 saturated carbocycles. The third-order valence-corrected chi connectivity index (χ3v) is 9.11. The Morgan fingerprint density at radius 2 is 1.58 bits per heavy atom. The van der Waals surface area contributed by atoms with E-state index in [0.29, 0.717) is 28.6 Å². The first-order valence-corrected chi connectivity index (χ1v) is 16.1. The highest BCUT2D eigenvalue weighted by Gasteiger charge is 2.34. The molecule has 1 atom stereocenters. The predicted molar refractivity (Wildman–Crippen MR) is 173 cm³/mol. The fourth-order valence-electron chi connectivity index (χ4n) is 4.56. The van der Waals surface area contributed by atoms with Gasteiger partial charge in [0.25, 0.3) is 10.0 Å². The zero-order valence-electron chi connectivity index (χ0n) is 26.3. The minimum Gasteiger partial charge on any atom is -0.497 e. The molecular formula is C32H40ClN3O8S. The molecule has 0 bridgehead atoms. The van der Waals surface area contributed by atoms with Gasteiger partial charge in [-0.3, -0.25) is 13.9 Å². The molecule has 0 aliphatic rings. The summed E-state index contributed by atoms with van der Waals surface area (Å²) in [7, 11) is 1.21. The van der Waals surface area contributed by atoms with Crippen molar-refractivity contribution in [3.8, 4) is 23.0 Å². The maximum absolute atomic E-state index is 14.4. The molecule has 3 rings (SSSR count).